The zero-order valence-corrected chi connectivity index (χ0v) is 7.27. The van der Waals surface area contributed by atoms with Gasteiger partial charge in [-0.3, -0.25) is 4.79 Å². The smallest absolute Gasteiger partial charge is 0.141 e. The predicted octanol–water partition coefficient (Wildman–Crippen LogP) is 2.26. The van der Waals surface area contributed by atoms with Gasteiger partial charge in [0.05, 0.1) is 0 Å². The maximum atomic E-state index is 11.4. The van der Waals surface area contributed by atoms with Crippen LogP contribution in [0.1, 0.15) is 34.1 Å². The summed E-state index contributed by atoms with van der Waals surface area (Å²) in [5, 5.41) is 0. The second-order valence-corrected chi connectivity index (χ2v) is 4.43. The Kier molecular flexibility index (Phi) is 1.61. The summed E-state index contributed by atoms with van der Waals surface area (Å²) in [6, 6.07) is 0. The van der Waals surface area contributed by atoms with E-state index in [4.69, 9.17) is 0 Å². The molecule has 1 aliphatic rings. The van der Waals surface area contributed by atoms with Gasteiger partial charge in [-0.2, -0.15) is 0 Å². The van der Waals surface area contributed by atoms with Crippen molar-refractivity contribution in [2.75, 3.05) is 0 Å². The molecule has 0 heterocycles. The molecule has 0 aliphatic heterocycles. The van der Waals surface area contributed by atoms with E-state index in [0.29, 0.717) is 17.6 Å². The van der Waals surface area contributed by atoms with Gasteiger partial charge in [0.2, 0.25) is 0 Å². The van der Waals surface area contributed by atoms with Gasteiger partial charge in [-0.1, -0.05) is 27.7 Å². The van der Waals surface area contributed by atoms with Crippen molar-refractivity contribution in [3.63, 3.8) is 0 Å². The van der Waals surface area contributed by atoms with Crippen LogP contribution in [0.3, 0.4) is 0 Å². The Labute approximate surface area is 62.8 Å². The standard InChI is InChI=1S/C9H16O/c1-6-5-7(6)8(10)9(2,3)4/h6-7H,5H2,1-4H3/t6?,7-/m0/s1. The molecule has 1 unspecified atom stereocenters. The van der Waals surface area contributed by atoms with E-state index in [2.05, 4.69) is 6.92 Å². The molecule has 1 heteroatoms. The SMILES string of the molecule is CC1C[C@@H]1C(=O)C(C)(C)C. The number of Topliss-reactive ketones (excluding diaryl/α,β-unsaturated/α-hetero) is 1. The van der Waals surface area contributed by atoms with Crippen molar-refractivity contribution in [2.24, 2.45) is 17.3 Å². The molecular formula is C9H16O. The second-order valence-electron chi connectivity index (χ2n) is 4.43. The van der Waals surface area contributed by atoms with Gasteiger partial charge in [0.1, 0.15) is 5.78 Å². The highest BCUT2D eigenvalue weighted by molar-refractivity contribution is 5.88. The summed E-state index contributed by atoms with van der Waals surface area (Å²) in [6.07, 6.45) is 1.12. The minimum Gasteiger partial charge on any atom is -0.299 e. The average Bonchev–Trinajstić information content (AvgIpc) is 2.42. The Morgan fingerprint density at radius 3 is 1.90 bits per heavy atom. The molecule has 0 aromatic heterocycles. The number of hydrogen-bond acceptors (Lipinski definition) is 1. The third-order valence-electron chi connectivity index (χ3n) is 2.19. The molecule has 0 saturated heterocycles. The van der Waals surface area contributed by atoms with Crippen LogP contribution < -0.4 is 0 Å². The Balaban J connectivity index is 2.51. The summed E-state index contributed by atoms with van der Waals surface area (Å²) in [5.41, 5.74) is -0.116. The number of hydrogen-bond donors (Lipinski definition) is 0. The van der Waals surface area contributed by atoms with E-state index in [1.165, 1.54) is 0 Å². The topological polar surface area (TPSA) is 17.1 Å². The Bertz CT molecular complexity index is 153. The number of rotatable bonds is 1. The van der Waals surface area contributed by atoms with Crippen LogP contribution in [0, 0.1) is 17.3 Å². The molecule has 0 spiro atoms. The summed E-state index contributed by atoms with van der Waals surface area (Å²) in [4.78, 5) is 11.4. The van der Waals surface area contributed by atoms with Crippen LogP contribution in [0.25, 0.3) is 0 Å². The summed E-state index contributed by atoms with van der Waals surface area (Å²) in [5.74, 6) is 1.49. The maximum absolute atomic E-state index is 11.4. The van der Waals surface area contributed by atoms with Crippen molar-refractivity contribution in [2.45, 2.75) is 34.1 Å². The third kappa shape index (κ3) is 1.39. The van der Waals surface area contributed by atoms with Gasteiger partial charge in [-0.05, 0) is 12.3 Å². The molecule has 0 amide bonds. The third-order valence-corrected chi connectivity index (χ3v) is 2.19. The van der Waals surface area contributed by atoms with Gasteiger partial charge in [-0.25, -0.2) is 0 Å². The zero-order chi connectivity index (χ0) is 7.94. The molecule has 2 atom stereocenters. The molecule has 1 fully saturated rings. The second kappa shape index (κ2) is 2.08. The molecule has 1 nitrogen and oxygen atoms in total. The highest BCUT2D eigenvalue weighted by atomic mass is 16.1. The lowest BCUT2D eigenvalue weighted by Gasteiger charge is -2.15. The fraction of sp³-hybridized carbons (Fsp3) is 0.889. The van der Waals surface area contributed by atoms with Crippen molar-refractivity contribution in [3.8, 4) is 0 Å². The summed E-state index contributed by atoms with van der Waals surface area (Å²) >= 11 is 0. The number of carbonyl (C=O) groups is 1. The Morgan fingerprint density at radius 1 is 1.40 bits per heavy atom. The molecule has 10 heavy (non-hydrogen) atoms. The molecule has 0 radical (unpaired) electrons. The minimum absolute atomic E-state index is 0.116. The van der Waals surface area contributed by atoms with Crippen molar-refractivity contribution in [1.82, 2.24) is 0 Å². The molecule has 0 bridgehead atoms. The maximum Gasteiger partial charge on any atom is 0.141 e. The highest BCUT2D eigenvalue weighted by Crippen LogP contribution is 2.42. The van der Waals surface area contributed by atoms with Crippen molar-refractivity contribution in [1.29, 1.82) is 0 Å². The van der Waals surface area contributed by atoms with Gasteiger partial charge >= 0.3 is 0 Å². The fourth-order valence-corrected chi connectivity index (χ4v) is 1.24. The lowest BCUT2D eigenvalue weighted by atomic mass is 9.87. The highest BCUT2D eigenvalue weighted by Gasteiger charge is 2.43. The zero-order valence-electron chi connectivity index (χ0n) is 7.27. The van der Waals surface area contributed by atoms with Gasteiger partial charge in [0, 0.05) is 11.3 Å². The van der Waals surface area contributed by atoms with Crippen molar-refractivity contribution in [3.05, 3.63) is 0 Å². The van der Waals surface area contributed by atoms with Crippen LogP contribution in [-0.4, -0.2) is 5.78 Å². The van der Waals surface area contributed by atoms with Crippen LogP contribution in [0.2, 0.25) is 0 Å². The molecule has 1 rings (SSSR count). The van der Waals surface area contributed by atoms with Crippen LogP contribution >= 0.6 is 0 Å². The summed E-state index contributed by atoms with van der Waals surface area (Å²) < 4.78 is 0. The van der Waals surface area contributed by atoms with E-state index >= 15 is 0 Å². The van der Waals surface area contributed by atoms with Crippen LogP contribution in [-0.2, 0) is 4.79 Å². The monoisotopic (exact) mass is 140 g/mol. The minimum atomic E-state index is -0.116. The molecule has 1 saturated carbocycles. The van der Waals surface area contributed by atoms with Crippen LogP contribution in [0.5, 0.6) is 0 Å². The van der Waals surface area contributed by atoms with Crippen LogP contribution in [0.15, 0.2) is 0 Å². The molecule has 58 valence electrons. The number of carbonyl (C=O) groups excluding carboxylic acids is 1. The largest absolute Gasteiger partial charge is 0.299 e. The number of ketones is 1. The Morgan fingerprint density at radius 2 is 1.80 bits per heavy atom. The molecule has 0 aromatic rings. The van der Waals surface area contributed by atoms with Gasteiger partial charge in [0.15, 0.2) is 0 Å². The predicted molar refractivity (Wildman–Crippen MR) is 41.7 cm³/mol. The lowest BCUT2D eigenvalue weighted by Crippen LogP contribution is -2.22. The first kappa shape index (κ1) is 7.77. The first-order valence-electron chi connectivity index (χ1n) is 3.97. The molecule has 1 aliphatic carbocycles. The quantitative estimate of drug-likeness (QED) is 0.546. The Hall–Kier alpha value is -0.330. The molecule has 0 aromatic carbocycles. The van der Waals surface area contributed by atoms with E-state index < -0.39 is 0 Å². The van der Waals surface area contributed by atoms with E-state index in [0.717, 1.165) is 6.42 Å². The van der Waals surface area contributed by atoms with E-state index in [1.54, 1.807) is 0 Å². The first-order valence-corrected chi connectivity index (χ1v) is 3.97. The average molecular weight is 140 g/mol. The summed E-state index contributed by atoms with van der Waals surface area (Å²) in [7, 11) is 0. The normalized spacial score (nSPS) is 32.0. The van der Waals surface area contributed by atoms with Gasteiger partial charge < -0.3 is 0 Å². The van der Waals surface area contributed by atoms with E-state index in [1.807, 2.05) is 20.8 Å². The molecule has 0 N–H and O–H groups in total. The van der Waals surface area contributed by atoms with Gasteiger partial charge in [0.25, 0.3) is 0 Å². The van der Waals surface area contributed by atoms with Crippen molar-refractivity contribution >= 4 is 5.78 Å². The summed E-state index contributed by atoms with van der Waals surface area (Å²) in [6.45, 7) is 8.15. The van der Waals surface area contributed by atoms with Gasteiger partial charge in [-0.15, -0.1) is 0 Å². The van der Waals surface area contributed by atoms with E-state index in [-0.39, 0.29) is 5.41 Å². The van der Waals surface area contributed by atoms with Crippen molar-refractivity contribution < 1.29 is 4.79 Å². The lowest BCUT2D eigenvalue weighted by molar-refractivity contribution is -0.127. The fourth-order valence-electron chi connectivity index (χ4n) is 1.24. The van der Waals surface area contributed by atoms with Crippen LogP contribution in [0.4, 0.5) is 0 Å². The molecular weight excluding hydrogens is 124 g/mol. The first-order chi connectivity index (χ1) is 4.43. The van der Waals surface area contributed by atoms with E-state index in [9.17, 15) is 4.79 Å².